The van der Waals surface area contributed by atoms with Gasteiger partial charge in [-0.1, -0.05) is 18.2 Å². The van der Waals surface area contributed by atoms with Gasteiger partial charge in [0.2, 0.25) is 5.78 Å². The van der Waals surface area contributed by atoms with Crippen molar-refractivity contribution in [3.05, 3.63) is 53.3 Å². The predicted molar refractivity (Wildman–Crippen MR) is 83.5 cm³/mol. The molecule has 0 aliphatic carbocycles. The smallest absolute Gasteiger partial charge is 0.235 e. The van der Waals surface area contributed by atoms with Gasteiger partial charge in [0.05, 0.1) is 0 Å². The number of phenols is 2. The van der Waals surface area contributed by atoms with Crippen molar-refractivity contribution < 1.29 is 19.7 Å². The molecular weight excluding hydrogens is 282 g/mol. The van der Waals surface area contributed by atoms with Gasteiger partial charge in [0, 0.05) is 37.5 Å². The monoisotopic (exact) mass is 297 g/mol. The number of nitrogens with zero attached hydrogens (tertiary/aromatic N) is 1. The number of aromatic hydroxyl groups is 2. The minimum absolute atomic E-state index is 0.0754. The molecule has 0 amide bonds. The lowest BCUT2D eigenvalue weighted by Gasteiger charge is -2.15. The Hall–Kier alpha value is -2.95. The SMILES string of the molecule is CN(C)c1ccccc1/C=C1\Oc2cc(O)cc(O)c2C1=O. The van der Waals surface area contributed by atoms with Crippen molar-refractivity contribution in [3.8, 4) is 17.2 Å². The summed E-state index contributed by atoms with van der Waals surface area (Å²) in [7, 11) is 3.82. The van der Waals surface area contributed by atoms with Gasteiger partial charge >= 0.3 is 0 Å². The van der Waals surface area contributed by atoms with Crippen LogP contribution in [0, 0.1) is 0 Å². The molecule has 0 spiro atoms. The highest BCUT2D eigenvalue weighted by molar-refractivity contribution is 6.16. The zero-order valence-corrected chi connectivity index (χ0v) is 12.2. The molecule has 2 aromatic carbocycles. The normalized spacial score (nSPS) is 14.8. The van der Waals surface area contributed by atoms with Crippen molar-refractivity contribution in [2.45, 2.75) is 0 Å². The lowest BCUT2D eigenvalue weighted by Crippen LogP contribution is -2.10. The highest BCUT2D eigenvalue weighted by Crippen LogP contribution is 2.40. The Balaban J connectivity index is 2.06. The van der Waals surface area contributed by atoms with Crippen LogP contribution in [-0.2, 0) is 0 Å². The Morgan fingerprint density at radius 2 is 1.86 bits per heavy atom. The fraction of sp³-hybridized carbons (Fsp3) is 0.118. The van der Waals surface area contributed by atoms with Gasteiger partial charge in [0.1, 0.15) is 22.8 Å². The van der Waals surface area contributed by atoms with Crippen LogP contribution in [-0.4, -0.2) is 30.1 Å². The van der Waals surface area contributed by atoms with Crippen LogP contribution in [0.1, 0.15) is 15.9 Å². The number of carbonyl (C=O) groups excluding carboxylic acids is 1. The van der Waals surface area contributed by atoms with Gasteiger partial charge < -0.3 is 19.8 Å². The van der Waals surface area contributed by atoms with Crippen LogP contribution in [0.3, 0.4) is 0 Å². The van der Waals surface area contributed by atoms with Gasteiger partial charge in [0.25, 0.3) is 0 Å². The van der Waals surface area contributed by atoms with Crippen molar-refractivity contribution >= 4 is 17.5 Å². The molecule has 1 aliphatic rings. The molecule has 0 radical (unpaired) electrons. The number of phenolic OH excluding ortho intramolecular Hbond substituents is 2. The van der Waals surface area contributed by atoms with Gasteiger partial charge in [-0.05, 0) is 12.1 Å². The Morgan fingerprint density at radius 3 is 2.59 bits per heavy atom. The van der Waals surface area contributed by atoms with Crippen LogP contribution in [0.4, 0.5) is 5.69 Å². The fourth-order valence-corrected chi connectivity index (χ4v) is 2.44. The molecule has 0 unspecified atom stereocenters. The van der Waals surface area contributed by atoms with Crippen LogP contribution in [0.5, 0.6) is 17.2 Å². The average molecular weight is 297 g/mol. The van der Waals surface area contributed by atoms with E-state index in [1.807, 2.05) is 43.3 Å². The van der Waals surface area contributed by atoms with Gasteiger partial charge in [0.15, 0.2) is 5.76 Å². The van der Waals surface area contributed by atoms with Crippen molar-refractivity contribution in [3.63, 3.8) is 0 Å². The number of carbonyl (C=O) groups is 1. The molecule has 0 bridgehead atoms. The Labute approximate surface area is 127 Å². The third kappa shape index (κ3) is 2.26. The van der Waals surface area contributed by atoms with E-state index >= 15 is 0 Å². The number of fused-ring (bicyclic) bond motifs is 1. The van der Waals surface area contributed by atoms with Crippen molar-refractivity contribution in [1.82, 2.24) is 0 Å². The third-order valence-electron chi connectivity index (χ3n) is 3.44. The lowest BCUT2D eigenvalue weighted by atomic mass is 10.1. The molecule has 0 fully saturated rings. The second-order valence-electron chi connectivity index (χ2n) is 5.23. The highest BCUT2D eigenvalue weighted by Gasteiger charge is 2.31. The Bertz CT molecular complexity index is 793. The number of hydrogen-bond donors (Lipinski definition) is 2. The molecule has 5 heteroatoms. The van der Waals surface area contributed by atoms with Crippen LogP contribution in [0.2, 0.25) is 0 Å². The molecule has 0 saturated heterocycles. The topological polar surface area (TPSA) is 70.0 Å². The lowest BCUT2D eigenvalue weighted by molar-refractivity contribution is 0.101. The quantitative estimate of drug-likeness (QED) is 0.834. The van der Waals surface area contributed by atoms with Gasteiger partial charge in [-0.25, -0.2) is 0 Å². The van der Waals surface area contributed by atoms with Crippen LogP contribution >= 0.6 is 0 Å². The van der Waals surface area contributed by atoms with E-state index in [-0.39, 0.29) is 28.6 Å². The third-order valence-corrected chi connectivity index (χ3v) is 3.44. The first kappa shape index (κ1) is 14.0. The van der Waals surface area contributed by atoms with E-state index < -0.39 is 5.78 Å². The van der Waals surface area contributed by atoms with Crippen molar-refractivity contribution in [1.29, 1.82) is 0 Å². The van der Waals surface area contributed by atoms with Gasteiger partial charge in [-0.15, -0.1) is 0 Å². The molecule has 0 saturated carbocycles. The second kappa shape index (κ2) is 5.11. The number of allylic oxidation sites excluding steroid dienone is 1. The summed E-state index contributed by atoms with van der Waals surface area (Å²) >= 11 is 0. The standard InChI is InChI=1S/C17H15NO4/c1-18(2)12-6-4-3-5-10(12)7-15-17(21)16-13(20)8-11(19)9-14(16)22-15/h3-9,19-20H,1-2H3/b15-7-. The minimum Gasteiger partial charge on any atom is -0.508 e. The maximum atomic E-state index is 12.4. The number of ketones is 1. The average Bonchev–Trinajstić information content (AvgIpc) is 2.75. The number of Topliss-reactive ketones (excluding diaryl/α,β-unsaturated/α-hetero) is 1. The van der Waals surface area contributed by atoms with Gasteiger partial charge in [-0.2, -0.15) is 0 Å². The predicted octanol–water partition coefficient (Wildman–Crippen LogP) is 2.78. The molecule has 112 valence electrons. The Kier molecular flexibility index (Phi) is 3.25. The van der Waals surface area contributed by atoms with E-state index in [0.29, 0.717) is 0 Å². The molecule has 2 aromatic rings. The fourth-order valence-electron chi connectivity index (χ4n) is 2.44. The summed E-state index contributed by atoms with van der Waals surface area (Å²) in [5.41, 5.74) is 1.84. The molecule has 0 aromatic heterocycles. The first-order valence-corrected chi connectivity index (χ1v) is 6.74. The number of rotatable bonds is 2. The van der Waals surface area contributed by atoms with E-state index in [0.717, 1.165) is 17.3 Å². The molecule has 2 N–H and O–H groups in total. The second-order valence-corrected chi connectivity index (χ2v) is 5.23. The number of hydrogen-bond acceptors (Lipinski definition) is 5. The maximum absolute atomic E-state index is 12.4. The summed E-state index contributed by atoms with van der Waals surface area (Å²) in [6, 6.07) is 10.0. The number of para-hydroxylation sites is 1. The minimum atomic E-state index is -0.402. The van der Waals surface area contributed by atoms with Crippen molar-refractivity contribution in [2.24, 2.45) is 0 Å². The zero-order chi connectivity index (χ0) is 15.9. The summed E-state index contributed by atoms with van der Waals surface area (Å²) in [5.74, 6) is -0.564. The first-order chi connectivity index (χ1) is 10.5. The maximum Gasteiger partial charge on any atom is 0.235 e. The number of ether oxygens (including phenoxy) is 1. The molecule has 1 aliphatic heterocycles. The molecule has 0 atom stereocenters. The molecule has 5 nitrogen and oxygen atoms in total. The van der Waals surface area contributed by atoms with E-state index in [4.69, 9.17) is 4.74 Å². The summed E-state index contributed by atoms with van der Waals surface area (Å²) in [6.07, 6.45) is 1.63. The molecule has 22 heavy (non-hydrogen) atoms. The summed E-state index contributed by atoms with van der Waals surface area (Å²) < 4.78 is 5.49. The molecular formula is C17H15NO4. The summed E-state index contributed by atoms with van der Waals surface area (Å²) in [5, 5.41) is 19.3. The van der Waals surface area contributed by atoms with E-state index in [1.54, 1.807) is 6.08 Å². The Morgan fingerprint density at radius 1 is 1.14 bits per heavy atom. The summed E-state index contributed by atoms with van der Waals surface area (Å²) in [4.78, 5) is 14.3. The van der Waals surface area contributed by atoms with Crippen LogP contribution < -0.4 is 9.64 Å². The number of benzene rings is 2. The van der Waals surface area contributed by atoms with E-state index in [2.05, 4.69) is 0 Å². The molecule has 3 rings (SSSR count). The van der Waals surface area contributed by atoms with Crippen molar-refractivity contribution in [2.75, 3.05) is 19.0 Å². The largest absolute Gasteiger partial charge is 0.508 e. The van der Waals surface area contributed by atoms with Crippen LogP contribution in [0.15, 0.2) is 42.2 Å². The van der Waals surface area contributed by atoms with Gasteiger partial charge in [-0.3, -0.25) is 4.79 Å². The highest BCUT2D eigenvalue weighted by atomic mass is 16.5. The first-order valence-electron chi connectivity index (χ1n) is 6.74. The number of anilines is 1. The zero-order valence-electron chi connectivity index (χ0n) is 12.2. The van der Waals surface area contributed by atoms with E-state index in [1.165, 1.54) is 6.07 Å². The molecule has 1 heterocycles. The van der Waals surface area contributed by atoms with Crippen LogP contribution in [0.25, 0.3) is 6.08 Å². The summed E-state index contributed by atoms with van der Waals surface area (Å²) in [6.45, 7) is 0. The van der Waals surface area contributed by atoms with E-state index in [9.17, 15) is 15.0 Å².